The predicted molar refractivity (Wildman–Crippen MR) is 108 cm³/mol. The minimum Gasteiger partial charge on any atom is -0.455 e. The third-order valence-electron chi connectivity index (χ3n) is 4.91. The van der Waals surface area contributed by atoms with Crippen molar-refractivity contribution in [2.24, 2.45) is 7.05 Å². The summed E-state index contributed by atoms with van der Waals surface area (Å²) in [5.74, 6) is 0. The zero-order valence-corrected chi connectivity index (χ0v) is 15.7. The zero-order chi connectivity index (χ0) is 18.6. The molecule has 0 radical (unpaired) electrons. The lowest BCUT2D eigenvalue weighted by molar-refractivity contribution is 0.662. The summed E-state index contributed by atoms with van der Waals surface area (Å²) in [6.07, 6.45) is 0. The van der Waals surface area contributed by atoms with E-state index >= 15 is 0 Å². The van der Waals surface area contributed by atoms with Gasteiger partial charge in [-0.2, -0.15) is 0 Å². The number of aryl methyl sites for hydroxylation is 1. The number of pyridine rings is 1. The SMILES string of the molecule is CN(C)c1ccc2cc3c(=O)n(C)c4cc(=[N+](C)C)ccc4c3oc2c1. The van der Waals surface area contributed by atoms with Crippen LogP contribution < -0.4 is 20.4 Å². The average molecular weight is 348 g/mol. The van der Waals surface area contributed by atoms with E-state index < -0.39 is 0 Å². The molecule has 0 atom stereocenters. The number of aromatic nitrogens is 1. The van der Waals surface area contributed by atoms with Crippen molar-refractivity contribution >= 4 is 38.5 Å². The Bertz CT molecular complexity index is 1310. The molecule has 2 heterocycles. The predicted octanol–water partition coefficient (Wildman–Crippen LogP) is 2.54. The van der Waals surface area contributed by atoms with E-state index in [0.29, 0.717) is 11.0 Å². The quantitative estimate of drug-likeness (QED) is 0.302. The summed E-state index contributed by atoms with van der Waals surface area (Å²) < 4.78 is 9.95. The van der Waals surface area contributed by atoms with Crippen LogP contribution in [0.15, 0.2) is 51.7 Å². The molecule has 0 N–H and O–H groups in total. The highest BCUT2D eigenvalue weighted by Gasteiger charge is 2.13. The summed E-state index contributed by atoms with van der Waals surface area (Å²) in [5.41, 5.74) is 3.28. The molecule has 0 amide bonds. The first-order valence-electron chi connectivity index (χ1n) is 8.55. The maximum atomic E-state index is 12.9. The fourth-order valence-electron chi connectivity index (χ4n) is 3.31. The maximum absolute atomic E-state index is 12.9. The molecule has 0 bridgehead atoms. The Balaban J connectivity index is 2.20. The summed E-state index contributed by atoms with van der Waals surface area (Å²) in [4.78, 5) is 15.0. The van der Waals surface area contributed by atoms with E-state index in [1.165, 1.54) is 0 Å². The second-order valence-electron chi connectivity index (χ2n) is 7.07. The first-order valence-corrected chi connectivity index (χ1v) is 8.55. The van der Waals surface area contributed by atoms with Gasteiger partial charge in [-0.3, -0.25) is 4.79 Å². The molecule has 0 saturated heterocycles. The van der Waals surface area contributed by atoms with Crippen LogP contribution in [0.1, 0.15) is 0 Å². The van der Waals surface area contributed by atoms with E-state index in [1.54, 1.807) is 4.57 Å². The molecule has 5 heteroatoms. The van der Waals surface area contributed by atoms with Gasteiger partial charge in [-0.1, -0.05) is 0 Å². The molecule has 2 aromatic heterocycles. The highest BCUT2D eigenvalue weighted by Crippen LogP contribution is 2.28. The van der Waals surface area contributed by atoms with E-state index in [0.717, 1.165) is 32.9 Å². The van der Waals surface area contributed by atoms with Crippen molar-refractivity contribution in [3.05, 3.63) is 58.2 Å². The topological polar surface area (TPSA) is 41.4 Å². The van der Waals surface area contributed by atoms with E-state index in [1.807, 2.05) is 87.2 Å². The molecule has 0 unspecified atom stereocenters. The number of anilines is 1. The van der Waals surface area contributed by atoms with Crippen LogP contribution in [0, 0.1) is 0 Å². The molecule has 0 fully saturated rings. The van der Waals surface area contributed by atoms with Crippen LogP contribution in [-0.2, 0) is 7.05 Å². The van der Waals surface area contributed by atoms with E-state index in [9.17, 15) is 4.79 Å². The Labute approximate surface area is 151 Å². The lowest BCUT2D eigenvalue weighted by Crippen LogP contribution is -2.23. The fourth-order valence-corrected chi connectivity index (χ4v) is 3.31. The van der Waals surface area contributed by atoms with Gasteiger partial charge in [0.05, 0.1) is 10.9 Å². The lowest BCUT2D eigenvalue weighted by atomic mass is 10.1. The molecule has 5 nitrogen and oxygen atoms in total. The van der Waals surface area contributed by atoms with Crippen LogP contribution in [-0.4, -0.2) is 32.8 Å². The first kappa shape index (κ1) is 16.4. The fraction of sp³-hybridized carbons (Fsp3) is 0.238. The van der Waals surface area contributed by atoms with Crippen molar-refractivity contribution in [3.8, 4) is 0 Å². The highest BCUT2D eigenvalue weighted by molar-refractivity contribution is 6.05. The Kier molecular flexibility index (Phi) is 3.61. The van der Waals surface area contributed by atoms with Gasteiger partial charge < -0.3 is 13.9 Å². The van der Waals surface area contributed by atoms with Gasteiger partial charge in [0, 0.05) is 55.8 Å². The van der Waals surface area contributed by atoms with Crippen molar-refractivity contribution in [2.45, 2.75) is 0 Å². The van der Waals surface area contributed by atoms with Crippen molar-refractivity contribution in [1.29, 1.82) is 0 Å². The Morgan fingerprint density at radius 1 is 1.00 bits per heavy atom. The molecular formula is C21H22N3O2+. The average Bonchev–Trinajstić information content (AvgIpc) is 2.63. The largest absolute Gasteiger partial charge is 0.455 e. The summed E-state index contributed by atoms with van der Waals surface area (Å²) in [6, 6.07) is 14.0. The van der Waals surface area contributed by atoms with Gasteiger partial charge in [0.2, 0.25) is 5.36 Å². The van der Waals surface area contributed by atoms with Gasteiger partial charge in [0.25, 0.3) is 5.56 Å². The van der Waals surface area contributed by atoms with Crippen molar-refractivity contribution < 1.29 is 4.42 Å². The first-order chi connectivity index (χ1) is 12.4. The van der Waals surface area contributed by atoms with Gasteiger partial charge in [0.15, 0.2) is 0 Å². The number of rotatable bonds is 1. The van der Waals surface area contributed by atoms with E-state index in [2.05, 4.69) is 0 Å². The van der Waals surface area contributed by atoms with Gasteiger partial charge in [-0.05, 0) is 24.3 Å². The number of hydrogen-bond donors (Lipinski definition) is 0. The minimum atomic E-state index is -0.0502. The van der Waals surface area contributed by atoms with Crippen LogP contribution >= 0.6 is 0 Å². The smallest absolute Gasteiger partial charge is 0.261 e. The van der Waals surface area contributed by atoms with E-state index in [-0.39, 0.29) is 5.56 Å². The van der Waals surface area contributed by atoms with Crippen LogP contribution in [0.25, 0.3) is 32.8 Å². The molecule has 0 saturated carbocycles. The number of fused-ring (bicyclic) bond motifs is 4. The molecule has 0 aliphatic heterocycles. The van der Waals surface area contributed by atoms with Crippen molar-refractivity contribution in [3.63, 3.8) is 0 Å². The van der Waals surface area contributed by atoms with Gasteiger partial charge >= 0.3 is 0 Å². The number of nitrogens with zero attached hydrogens (tertiary/aromatic N) is 3. The van der Waals surface area contributed by atoms with Crippen LogP contribution in [0.2, 0.25) is 0 Å². The third kappa shape index (κ3) is 2.39. The lowest BCUT2D eigenvalue weighted by Gasteiger charge is -2.13. The van der Waals surface area contributed by atoms with Crippen LogP contribution in [0.3, 0.4) is 0 Å². The molecule has 0 aliphatic carbocycles. The zero-order valence-electron chi connectivity index (χ0n) is 15.7. The normalized spacial score (nSPS) is 11.4. The summed E-state index contributed by atoms with van der Waals surface area (Å²) >= 11 is 0. The molecule has 4 aromatic rings. The highest BCUT2D eigenvalue weighted by atomic mass is 16.3. The molecule has 2 aromatic carbocycles. The summed E-state index contributed by atoms with van der Waals surface area (Å²) in [6.45, 7) is 0. The molecule has 4 rings (SSSR count). The molecule has 132 valence electrons. The van der Waals surface area contributed by atoms with E-state index in [4.69, 9.17) is 4.42 Å². The van der Waals surface area contributed by atoms with Gasteiger partial charge in [0.1, 0.15) is 25.3 Å². The number of hydrogen-bond acceptors (Lipinski definition) is 3. The Morgan fingerprint density at radius 3 is 2.46 bits per heavy atom. The van der Waals surface area contributed by atoms with Crippen molar-refractivity contribution in [2.75, 3.05) is 33.1 Å². The monoisotopic (exact) mass is 348 g/mol. The number of benzene rings is 2. The van der Waals surface area contributed by atoms with Crippen LogP contribution in [0.5, 0.6) is 0 Å². The molecule has 0 aliphatic rings. The molecule has 0 spiro atoms. The van der Waals surface area contributed by atoms with Gasteiger partial charge in [-0.15, -0.1) is 0 Å². The molecule has 26 heavy (non-hydrogen) atoms. The van der Waals surface area contributed by atoms with Crippen molar-refractivity contribution in [1.82, 2.24) is 9.14 Å². The van der Waals surface area contributed by atoms with Gasteiger partial charge in [-0.25, -0.2) is 4.58 Å². The Morgan fingerprint density at radius 2 is 1.77 bits per heavy atom. The summed E-state index contributed by atoms with van der Waals surface area (Å²) in [5, 5.41) is 3.50. The summed E-state index contributed by atoms with van der Waals surface area (Å²) in [7, 11) is 9.77. The third-order valence-corrected chi connectivity index (χ3v) is 4.91. The standard InChI is InChI=1S/C21H22N3O2/c1-22(2)14-8-9-16-18(11-14)24(5)21(25)17-10-13-6-7-15(23(3)4)12-19(13)26-20(16)17/h6-12H,1-5H3/q+1. The second kappa shape index (κ2) is 5.73. The maximum Gasteiger partial charge on any atom is 0.261 e. The minimum absolute atomic E-state index is 0.0502. The Hall–Kier alpha value is -3.08. The second-order valence-corrected chi connectivity index (χ2v) is 7.07. The molecular weight excluding hydrogens is 326 g/mol. The van der Waals surface area contributed by atoms with Crippen LogP contribution in [0.4, 0.5) is 5.69 Å².